The van der Waals surface area contributed by atoms with Crippen LogP contribution in [0.4, 0.5) is 0 Å². The van der Waals surface area contributed by atoms with Gasteiger partial charge in [0.1, 0.15) is 19.3 Å². The van der Waals surface area contributed by atoms with Gasteiger partial charge in [-0.15, -0.1) is 0 Å². The molecule has 0 aliphatic rings. The van der Waals surface area contributed by atoms with Crippen molar-refractivity contribution >= 4 is 39.5 Å². The quantitative estimate of drug-likeness (QED) is 0.0222. The molecule has 3 N–H and O–H groups in total. The van der Waals surface area contributed by atoms with Gasteiger partial charge < -0.3 is 33.8 Å². The first-order chi connectivity index (χ1) is 50.2. The molecule has 0 heterocycles. The highest BCUT2D eigenvalue weighted by atomic mass is 31.2. The Bertz CT molecular complexity index is 1950. The Morgan fingerprint density at radius 1 is 0.233 bits per heavy atom. The van der Waals surface area contributed by atoms with Crippen molar-refractivity contribution < 1.29 is 80.2 Å². The van der Waals surface area contributed by atoms with Crippen molar-refractivity contribution in [3.63, 3.8) is 0 Å². The second-order valence-corrected chi connectivity index (χ2v) is 33.1. The Labute approximate surface area is 632 Å². The van der Waals surface area contributed by atoms with Crippen LogP contribution in [0.25, 0.3) is 0 Å². The van der Waals surface area contributed by atoms with Gasteiger partial charge in [0.05, 0.1) is 26.4 Å². The average molecular weight is 1510 g/mol. The van der Waals surface area contributed by atoms with E-state index in [9.17, 15) is 43.2 Å². The molecule has 612 valence electrons. The molecule has 2 unspecified atom stereocenters. The minimum atomic E-state index is -4.96. The van der Waals surface area contributed by atoms with E-state index in [-0.39, 0.29) is 25.7 Å². The molecule has 0 spiro atoms. The Hall–Kier alpha value is -1.94. The summed E-state index contributed by atoms with van der Waals surface area (Å²) in [7, 11) is -9.92. The number of ether oxygens (including phenoxy) is 4. The van der Waals surface area contributed by atoms with Crippen LogP contribution in [-0.2, 0) is 65.4 Å². The average Bonchev–Trinajstić information content (AvgIpc) is 0.920. The van der Waals surface area contributed by atoms with Crippen LogP contribution in [0.2, 0.25) is 0 Å². The Kier molecular flexibility index (Phi) is 76.7. The minimum absolute atomic E-state index is 0.108. The molecule has 0 aromatic carbocycles. The van der Waals surface area contributed by atoms with Crippen molar-refractivity contribution in [3.05, 3.63) is 0 Å². The highest BCUT2D eigenvalue weighted by molar-refractivity contribution is 7.47. The Morgan fingerprint density at radius 3 is 0.573 bits per heavy atom. The molecule has 0 aliphatic carbocycles. The first-order valence-corrected chi connectivity index (χ1v) is 46.8. The summed E-state index contributed by atoms with van der Waals surface area (Å²) in [4.78, 5) is 73.1. The summed E-state index contributed by atoms with van der Waals surface area (Å²) in [6, 6.07) is 0. The minimum Gasteiger partial charge on any atom is -0.462 e. The van der Waals surface area contributed by atoms with Crippen molar-refractivity contribution in [1.29, 1.82) is 0 Å². The summed E-state index contributed by atoms with van der Waals surface area (Å²) < 4.78 is 68.8. The van der Waals surface area contributed by atoms with Crippen LogP contribution in [-0.4, -0.2) is 96.7 Å². The predicted octanol–water partition coefficient (Wildman–Crippen LogP) is 25.7. The molecule has 0 saturated heterocycles. The zero-order valence-corrected chi connectivity index (χ0v) is 69.1. The summed E-state index contributed by atoms with van der Waals surface area (Å²) in [5.41, 5.74) is 0. The molecular weight excluding hydrogens is 1340 g/mol. The number of esters is 4. The van der Waals surface area contributed by atoms with Crippen molar-refractivity contribution in [2.75, 3.05) is 39.6 Å². The molecule has 0 rings (SSSR count). The fourth-order valence-electron chi connectivity index (χ4n) is 13.2. The summed E-state index contributed by atoms with van der Waals surface area (Å²) in [6.07, 6.45) is 72.2. The van der Waals surface area contributed by atoms with Crippen molar-refractivity contribution in [2.24, 2.45) is 0 Å². The number of hydrogen-bond donors (Lipinski definition) is 3. The molecule has 0 amide bonds. The second-order valence-electron chi connectivity index (χ2n) is 30.2. The van der Waals surface area contributed by atoms with Crippen LogP contribution in [0.1, 0.15) is 458 Å². The van der Waals surface area contributed by atoms with E-state index in [4.69, 9.17) is 37.0 Å². The number of aliphatic hydroxyl groups excluding tert-OH is 1. The molecule has 0 saturated carbocycles. The number of aliphatic hydroxyl groups is 1. The number of phosphoric ester groups is 2. The lowest BCUT2D eigenvalue weighted by atomic mass is 10.0. The number of hydrogen-bond acceptors (Lipinski definition) is 15. The van der Waals surface area contributed by atoms with E-state index in [1.807, 2.05) is 0 Å². The summed E-state index contributed by atoms with van der Waals surface area (Å²) in [6.45, 7) is 5.04. The van der Waals surface area contributed by atoms with Crippen molar-refractivity contribution in [3.8, 4) is 0 Å². The smallest absolute Gasteiger partial charge is 0.462 e. The Balaban J connectivity index is 5.21. The second kappa shape index (κ2) is 78.2. The summed E-state index contributed by atoms with van der Waals surface area (Å²) >= 11 is 0. The van der Waals surface area contributed by atoms with E-state index < -0.39 is 97.5 Å². The zero-order chi connectivity index (χ0) is 75.3. The lowest BCUT2D eigenvalue weighted by Gasteiger charge is -2.21. The highest BCUT2D eigenvalue weighted by Gasteiger charge is 2.30. The van der Waals surface area contributed by atoms with E-state index in [2.05, 4.69) is 27.7 Å². The fraction of sp³-hybridized carbons (Fsp3) is 0.952. The van der Waals surface area contributed by atoms with Gasteiger partial charge in [-0.3, -0.25) is 37.3 Å². The monoisotopic (exact) mass is 1510 g/mol. The van der Waals surface area contributed by atoms with Gasteiger partial charge in [-0.2, -0.15) is 0 Å². The lowest BCUT2D eigenvalue weighted by Crippen LogP contribution is -2.30. The van der Waals surface area contributed by atoms with E-state index in [0.717, 1.165) is 89.9 Å². The first kappa shape index (κ1) is 101. The normalized spacial score (nSPS) is 13.7. The topological polar surface area (TPSA) is 237 Å². The van der Waals surface area contributed by atoms with Crippen LogP contribution in [0, 0.1) is 0 Å². The van der Waals surface area contributed by atoms with Gasteiger partial charge in [0.2, 0.25) is 0 Å². The van der Waals surface area contributed by atoms with Gasteiger partial charge in [-0.1, -0.05) is 407 Å². The lowest BCUT2D eigenvalue weighted by molar-refractivity contribution is -0.161. The third-order valence-corrected chi connectivity index (χ3v) is 21.8. The van der Waals surface area contributed by atoms with Gasteiger partial charge in [0.15, 0.2) is 12.2 Å². The first-order valence-electron chi connectivity index (χ1n) is 43.8. The zero-order valence-electron chi connectivity index (χ0n) is 67.3. The number of carbonyl (C=O) groups is 4. The molecule has 0 aromatic heterocycles. The van der Waals surface area contributed by atoms with E-state index >= 15 is 0 Å². The summed E-state index contributed by atoms with van der Waals surface area (Å²) in [5, 5.41) is 10.7. The SMILES string of the molecule is CCCCCCCCCCCCCCCCCCCCCCCCC(=O)O[C@H](COC(=O)CCCCCCCCCCCCCCCCCCC)COP(=O)(O)OC[C@@H](O)COP(=O)(O)OC[C@@H](COC(=O)CCCCCCCCCCCCCC)OC(=O)CCCCCCCCCCCCCC. The number of unbranched alkanes of at least 4 members (excludes halogenated alkanes) is 59. The third-order valence-electron chi connectivity index (χ3n) is 19.9. The van der Waals surface area contributed by atoms with Gasteiger partial charge >= 0.3 is 39.5 Å². The maximum Gasteiger partial charge on any atom is 0.472 e. The van der Waals surface area contributed by atoms with Crippen LogP contribution in [0.5, 0.6) is 0 Å². The van der Waals surface area contributed by atoms with Gasteiger partial charge in [0, 0.05) is 25.7 Å². The molecular formula is C84H164O17P2. The van der Waals surface area contributed by atoms with E-state index in [1.54, 1.807) is 0 Å². The Morgan fingerprint density at radius 2 is 0.388 bits per heavy atom. The molecule has 5 atom stereocenters. The van der Waals surface area contributed by atoms with Gasteiger partial charge in [-0.05, 0) is 25.7 Å². The molecule has 17 nitrogen and oxygen atoms in total. The maximum absolute atomic E-state index is 13.1. The fourth-order valence-corrected chi connectivity index (χ4v) is 14.7. The third kappa shape index (κ3) is 78.0. The van der Waals surface area contributed by atoms with Crippen LogP contribution in [0.15, 0.2) is 0 Å². The highest BCUT2D eigenvalue weighted by Crippen LogP contribution is 2.45. The number of carbonyl (C=O) groups excluding carboxylic acids is 4. The predicted molar refractivity (Wildman–Crippen MR) is 423 cm³/mol. The van der Waals surface area contributed by atoms with Crippen molar-refractivity contribution in [2.45, 2.75) is 476 Å². The number of rotatable bonds is 85. The molecule has 0 bridgehead atoms. The molecule has 0 fully saturated rings. The standard InChI is InChI=1S/C84H164O17P2/c1-5-9-13-17-21-25-29-33-35-37-38-39-40-41-43-45-47-51-55-59-63-67-71-84(89)101-80(75-95-82(87)69-65-61-57-53-50-46-44-42-36-34-30-26-22-18-14-10-6-2)77-99-103(92,93)97-73-78(85)72-96-102(90,91)98-76-79(100-83(88)70-66-62-58-54-49-32-28-24-20-16-12-8-4)74-94-81(86)68-64-60-56-52-48-31-27-23-19-15-11-7-3/h78-80,85H,5-77H2,1-4H3,(H,90,91)(H,92,93)/t78-,79+,80+/m0/s1. The van der Waals surface area contributed by atoms with E-state index in [1.165, 1.54) is 289 Å². The summed E-state index contributed by atoms with van der Waals surface area (Å²) in [5.74, 6) is -2.10. The number of phosphoric acid groups is 2. The van der Waals surface area contributed by atoms with E-state index in [0.29, 0.717) is 25.7 Å². The molecule has 0 aromatic rings. The van der Waals surface area contributed by atoms with Crippen LogP contribution < -0.4 is 0 Å². The molecule has 0 radical (unpaired) electrons. The maximum atomic E-state index is 13.1. The molecule has 19 heteroatoms. The molecule has 103 heavy (non-hydrogen) atoms. The van der Waals surface area contributed by atoms with Gasteiger partial charge in [0.25, 0.3) is 0 Å². The van der Waals surface area contributed by atoms with Crippen LogP contribution in [0.3, 0.4) is 0 Å². The largest absolute Gasteiger partial charge is 0.472 e. The van der Waals surface area contributed by atoms with Crippen molar-refractivity contribution in [1.82, 2.24) is 0 Å². The van der Waals surface area contributed by atoms with Gasteiger partial charge in [-0.25, -0.2) is 9.13 Å². The van der Waals surface area contributed by atoms with Crippen LogP contribution >= 0.6 is 15.6 Å². The molecule has 0 aliphatic heterocycles.